The van der Waals surface area contributed by atoms with Gasteiger partial charge in [-0.05, 0) is 31.2 Å². The van der Waals surface area contributed by atoms with E-state index >= 15 is 0 Å². The van der Waals surface area contributed by atoms with Crippen molar-refractivity contribution in [1.82, 2.24) is 5.32 Å². The number of carbonyl (C=O) groups is 2. The molecule has 1 N–H and O–H groups in total. The summed E-state index contributed by atoms with van der Waals surface area (Å²) in [4.78, 5) is 23.8. The number of benzene rings is 2. The number of rotatable bonds is 5. The third-order valence-corrected chi connectivity index (χ3v) is 4.25. The van der Waals surface area contributed by atoms with Crippen LogP contribution in [0.15, 0.2) is 48.5 Å². The molecule has 136 valence electrons. The smallest absolute Gasteiger partial charge is 0.251 e. The molecule has 2 aromatic carbocycles. The Morgan fingerprint density at radius 1 is 1.15 bits per heavy atom. The third-order valence-electron chi connectivity index (χ3n) is 4.25. The van der Waals surface area contributed by atoms with Crippen molar-refractivity contribution in [2.45, 2.75) is 25.5 Å². The summed E-state index contributed by atoms with van der Waals surface area (Å²) in [5.41, 5.74) is 1.000. The maximum absolute atomic E-state index is 13.3. The van der Waals surface area contributed by atoms with Gasteiger partial charge in [0, 0.05) is 23.6 Å². The number of Topliss-reactive ketones (excluding diaryl/α,β-unsaturated/α-hetero) is 1. The Kier molecular flexibility index (Phi) is 5.63. The van der Waals surface area contributed by atoms with Crippen LogP contribution < -0.4 is 10.1 Å². The van der Waals surface area contributed by atoms with Crippen molar-refractivity contribution in [3.8, 4) is 5.75 Å². The molecule has 5 nitrogen and oxygen atoms in total. The lowest BCUT2D eigenvalue weighted by atomic mass is 10.0. The molecule has 0 aromatic heterocycles. The van der Waals surface area contributed by atoms with Gasteiger partial charge >= 0.3 is 0 Å². The first-order valence-electron chi connectivity index (χ1n) is 8.45. The largest absolute Gasteiger partial charge is 0.488 e. The van der Waals surface area contributed by atoms with Crippen molar-refractivity contribution in [2.24, 2.45) is 0 Å². The highest BCUT2D eigenvalue weighted by Gasteiger charge is 2.29. The van der Waals surface area contributed by atoms with E-state index < -0.39 is 0 Å². The highest BCUT2D eigenvalue weighted by Crippen LogP contribution is 2.19. The second-order valence-electron chi connectivity index (χ2n) is 6.19. The van der Waals surface area contributed by atoms with E-state index in [0.717, 1.165) is 0 Å². The summed E-state index contributed by atoms with van der Waals surface area (Å²) < 4.78 is 24.6. The van der Waals surface area contributed by atoms with Crippen molar-refractivity contribution in [2.75, 3.05) is 13.2 Å². The van der Waals surface area contributed by atoms with Crippen molar-refractivity contribution in [3.63, 3.8) is 0 Å². The van der Waals surface area contributed by atoms with Crippen LogP contribution in [0.4, 0.5) is 4.39 Å². The monoisotopic (exact) mass is 357 g/mol. The van der Waals surface area contributed by atoms with E-state index in [4.69, 9.17) is 9.47 Å². The zero-order valence-corrected chi connectivity index (χ0v) is 14.4. The summed E-state index contributed by atoms with van der Waals surface area (Å²) in [5, 5.41) is 2.90. The molecule has 6 heteroatoms. The molecule has 1 amide bonds. The number of ketones is 1. The van der Waals surface area contributed by atoms with E-state index in [0.29, 0.717) is 36.5 Å². The number of halogens is 1. The lowest BCUT2D eigenvalue weighted by molar-refractivity contribution is -0.00297. The lowest BCUT2D eigenvalue weighted by Gasteiger charge is -2.32. The van der Waals surface area contributed by atoms with E-state index in [9.17, 15) is 14.0 Å². The molecule has 0 spiro atoms. The van der Waals surface area contributed by atoms with Gasteiger partial charge < -0.3 is 14.8 Å². The van der Waals surface area contributed by atoms with Gasteiger partial charge in [0.2, 0.25) is 0 Å². The Morgan fingerprint density at radius 2 is 1.88 bits per heavy atom. The number of hydrogen-bond acceptors (Lipinski definition) is 4. The second kappa shape index (κ2) is 8.10. The van der Waals surface area contributed by atoms with E-state index in [1.54, 1.807) is 36.4 Å². The molecule has 1 saturated heterocycles. The molecular weight excluding hydrogens is 337 g/mol. The standard InChI is InChI=1S/C20H20FNO4/c1-13(23)14-5-7-15(8-6-14)20(24)22-18-12-25-10-9-19(18)26-17-4-2-3-16(21)11-17/h2-8,11,18-19H,9-10,12H2,1H3,(H,22,24)/t18-,19+/m1/s1. The normalized spacial score (nSPS) is 19.6. The van der Waals surface area contributed by atoms with Crippen LogP contribution in [0.25, 0.3) is 0 Å². The van der Waals surface area contributed by atoms with Gasteiger partial charge in [0.1, 0.15) is 17.7 Å². The molecule has 3 rings (SSSR count). The number of nitrogens with one attached hydrogen (secondary N) is 1. The topological polar surface area (TPSA) is 64.6 Å². The fraction of sp³-hybridized carbons (Fsp3) is 0.300. The first-order chi connectivity index (χ1) is 12.5. The van der Waals surface area contributed by atoms with Crippen LogP contribution in [0.1, 0.15) is 34.1 Å². The Balaban J connectivity index is 1.67. The number of hydrogen-bond donors (Lipinski definition) is 1. The van der Waals surface area contributed by atoms with Crippen LogP contribution in [0, 0.1) is 5.82 Å². The van der Waals surface area contributed by atoms with Crippen molar-refractivity contribution in [1.29, 1.82) is 0 Å². The van der Waals surface area contributed by atoms with Crippen LogP contribution in [0.2, 0.25) is 0 Å². The quantitative estimate of drug-likeness (QED) is 0.836. The van der Waals surface area contributed by atoms with Crippen LogP contribution in [0.3, 0.4) is 0 Å². The molecule has 1 aliphatic rings. The van der Waals surface area contributed by atoms with Gasteiger partial charge in [0.15, 0.2) is 5.78 Å². The molecule has 0 aliphatic carbocycles. The first kappa shape index (κ1) is 18.1. The van der Waals surface area contributed by atoms with E-state index in [1.165, 1.54) is 19.1 Å². The van der Waals surface area contributed by atoms with E-state index in [1.807, 2.05) is 0 Å². The molecule has 1 heterocycles. The molecule has 1 fully saturated rings. The summed E-state index contributed by atoms with van der Waals surface area (Å²) >= 11 is 0. The fourth-order valence-corrected chi connectivity index (χ4v) is 2.82. The molecule has 2 atom stereocenters. The summed E-state index contributed by atoms with van der Waals surface area (Å²) in [6.07, 6.45) is 0.274. The van der Waals surface area contributed by atoms with Gasteiger partial charge in [0.25, 0.3) is 5.91 Å². The molecule has 2 aromatic rings. The SMILES string of the molecule is CC(=O)c1ccc(C(=O)N[C@@H]2COCC[C@@H]2Oc2cccc(F)c2)cc1. The average Bonchev–Trinajstić information content (AvgIpc) is 2.63. The summed E-state index contributed by atoms with van der Waals surface area (Å²) in [6, 6.07) is 12.0. The zero-order chi connectivity index (χ0) is 18.5. The zero-order valence-electron chi connectivity index (χ0n) is 14.4. The Morgan fingerprint density at radius 3 is 2.58 bits per heavy atom. The molecule has 0 bridgehead atoms. The van der Waals surface area contributed by atoms with Crippen LogP contribution in [0.5, 0.6) is 5.75 Å². The predicted molar refractivity (Wildman–Crippen MR) is 94.0 cm³/mol. The van der Waals surface area contributed by atoms with Crippen LogP contribution in [-0.4, -0.2) is 37.0 Å². The minimum absolute atomic E-state index is 0.0544. The Bertz CT molecular complexity index is 791. The number of ether oxygens (including phenoxy) is 2. The summed E-state index contributed by atoms with van der Waals surface area (Å²) in [5.74, 6) is -0.285. The van der Waals surface area contributed by atoms with Crippen molar-refractivity contribution in [3.05, 3.63) is 65.5 Å². The highest BCUT2D eigenvalue weighted by atomic mass is 19.1. The molecular formula is C20H20FNO4. The third kappa shape index (κ3) is 4.46. The lowest BCUT2D eigenvalue weighted by Crippen LogP contribution is -2.51. The minimum Gasteiger partial charge on any atom is -0.488 e. The first-order valence-corrected chi connectivity index (χ1v) is 8.45. The van der Waals surface area contributed by atoms with Gasteiger partial charge in [-0.25, -0.2) is 4.39 Å². The number of carbonyl (C=O) groups excluding carboxylic acids is 2. The Labute approximate surface area is 151 Å². The molecule has 0 radical (unpaired) electrons. The molecule has 0 unspecified atom stereocenters. The summed E-state index contributed by atoms with van der Waals surface area (Å²) in [7, 11) is 0. The maximum Gasteiger partial charge on any atom is 0.251 e. The van der Waals surface area contributed by atoms with Gasteiger partial charge in [0.05, 0.1) is 19.3 Å². The molecule has 1 aliphatic heterocycles. The number of amides is 1. The molecule has 26 heavy (non-hydrogen) atoms. The highest BCUT2D eigenvalue weighted by molar-refractivity contribution is 5.97. The van der Waals surface area contributed by atoms with Crippen molar-refractivity contribution < 1.29 is 23.5 Å². The van der Waals surface area contributed by atoms with Gasteiger partial charge in [-0.15, -0.1) is 0 Å². The maximum atomic E-state index is 13.3. The fourth-order valence-electron chi connectivity index (χ4n) is 2.82. The van der Waals surface area contributed by atoms with Crippen molar-refractivity contribution >= 4 is 11.7 Å². The molecule has 0 saturated carbocycles. The van der Waals surface area contributed by atoms with E-state index in [-0.39, 0.29) is 29.7 Å². The average molecular weight is 357 g/mol. The minimum atomic E-state index is -0.374. The summed E-state index contributed by atoms with van der Waals surface area (Å²) in [6.45, 7) is 2.31. The van der Waals surface area contributed by atoms with E-state index in [2.05, 4.69) is 5.32 Å². The predicted octanol–water partition coefficient (Wildman–Crippen LogP) is 2.99. The second-order valence-corrected chi connectivity index (χ2v) is 6.19. The van der Waals surface area contributed by atoms with Crippen LogP contribution in [-0.2, 0) is 4.74 Å². The van der Waals surface area contributed by atoms with Gasteiger partial charge in [-0.3, -0.25) is 9.59 Å². The Hall–Kier alpha value is -2.73. The van der Waals surface area contributed by atoms with Gasteiger partial charge in [-0.1, -0.05) is 18.2 Å². The van der Waals surface area contributed by atoms with Gasteiger partial charge in [-0.2, -0.15) is 0 Å². The van der Waals surface area contributed by atoms with Crippen LogP contribution >= 0.6 is 0 Å².